The van der Waals surface area contributed by atoms with Gasteiger partial charge in [0.05, 0.1) is 11.7 Å². The van der Waals surface area contributed by atoms with Crippen molar-refractivity contribution in [2.24, 2.45) is 0 Å². The molecule has 1 unspecified atom stereocenters. The summed E-state index contributed by atoms with van der Waals surface area (Å²) in [6.45, 7) is 3.42. The summed E-state index contributed by atoms with van der Waals surface area (Å²) in [5, 5.41) is 20.0. The highest BCUT2D eigenvalue weighted by atomic mass is 16.7. The van der Waals surface area contributed by atoms with Gasteiger partial charge in [-0.3, -0.25) is 4.68 Å². The Balaban J connectivity index is 2.36. The third kappa shape index (κ3) is 4.69. The Labute approximate surface area is 107 Å². The van der Waals surface area contributed by atoms with E-state index in [2.05, 4.69) is 15.6 Å². The molecule has 0 fully saturated rings. The topological polar surface area (TPSA) is 81.4 Å². The Morgan fingerprint density at radius 2 is 2.17 bits per heavy atom. The molecule has 0 saturated heterocycles. The number of hydrogen-bond acceptors (Lipinski definition) is 6. The molecule has 0 aromatic carbocycles. The molecule has 104 valence electrons. The molecular formula is C11H22N4O3. The predicted octanol–water partition coefficient (Wildman–Crippen LogP) is -0.242. The van der Waals surface area contributed by atoms with Crippen molar-refractivity contribution in [2.75, 3.05) is 20.8 Å². The second-order valence-corrected chi connectivity index (χ2v) is 4.06. The van der Waals surface area contributed by atoms with Crippen LogP contribution in [0.5, 0.6) is 0 Å². The molecule has 0 aliphatic rings. The van der Waals surface area contributed by atoms with Crippen LogP contribution in [0.25, 0.3) is 0 Å². The van der Waals surface area contributed by atoms with Gasteiger partial charge in [-0.2, -0.15) is 0 Å². The van der Waals surface area contributed by atoms with E-state index in [1.807, 2.05) is 13.1 Å². The van der Waals surface area contributed by atoms with Gasteiger partial charge < -0.3 is 19.9 Å². The lowest BCUT2D eigenvalue weighted by Crippen LogP contribution is -2.39. The number of rotatable bonds is 9. The van der Waals surface area contributed by atoms with E-state index in [0.717, 1.165) is 5.69 Å². The van der Waals surface area contributed by atoms with Crippen LogP contribution in [0, 0.1) is 0 Å². The molecule has 7 heteroatoms. The Morgan fingerprint density at radius 1 is 1.44 bits per heavy atom. The van der Waals surface area contributed by atoms with E-state index in [4.69, 9.17) is 14.6 Å². The fourth-order valence-corrected chi connectivity index (χ4v) is 1.63. The number of aliphatic hydroxyl groups is 1. The normalized spacial score (nSPS) is 13.2. The second-order valence-electron chi connectivity index (χ2n) is 4.06. The lowest BCUT2D eigenvalue weighted by atomic mass is 10.3. The summed E-state index contributed by atoms with van der Waals surface area (Å²) in [5.41, 5.74) is 0.853. The first-order valence-corrected chi connectivity index (χ1v) is 6.00. The summed E-state index contributed by atoms with van der Waals surface area (Å²) in [6, 6.07) is 0.0580. The molecule has 0 radical (unpaired) electrons. The maximum atomic E-state index is 8.72. The average molecular weight is 258 g/mol. The molecule has 7 nitrogen and oxygen atoms in total. The van der Waals surface area contributed by atoms with Crippen LogP contribution in [0.3, 0.4) is 0 Å². The van der Waals surface area contributed by atoms with Crippen molar-refractivity contribution in [2.45, 2.75) is 38.8 Å². The van der Waals surface area contributed by atoms with Gasteiger partial charge in [0, 0.05) is 40.1 Å². The third-order valence-corrected chi connectivity index (χ3v) is 2.61. The number of nitrogens with one attached hydrogen (secondary N) is 1. The Bertz CT molecular complexity index is 328. The lowest BCUT2D eigenvalue weighted by Gasteiger charge is -2.21. The van der Waals surface area contributed by atoms with Crippen LogP contribution < -0.4 is 5.32 Å². The zero-order valence-corrected chi connectivity index (χ0v) is 11.2. The monoisotopic (exact) mass is 258 g/mol. The molecule has 0 bridgehead atoms. The van der Waals surface area contributed by atoms with Crippen LogP contribution in [-0.4, -0.2) is 53.3 Å². The second kappa shape index (κ2) is 8.15. The van der Waals surface area contributed by atoms with Gasteiger partial charge in [0.15, 0.2) is 6.29 Å². The standard InChI is InChI=1S/C11H22N4O3/c1-9(11(17-2)18-3)12-7-10-8-15(14-13-10)5-4-6-16/h8-9,11-12,16H,4-7H2,1-3H3. The van der Waals surface area contributed by atoms with Gasteiger partial charge >= 0.3 is 0 Å². The van der Waals surface area contributed by atoms with E-state index in [-0.39, 0.29) is 18.9 Å². The van der Waals surface area contributed by atoms with Crippen LogP contribution in [0.1, 0.15) is 19.0 Å². The van der Waals surface area contributed by atoms with Gasteiger partial charge in [-0.25, -0.2) is 0 Å². The molecule has 0 aliphatic carbocycles. The van der Waals surface area contributed by atoms with Gasteiger partial charge in [0.2, 0.25) is 0 Å². The number of nitrogens with zero attached hydrogens (tertiary/aromatic N) is 3. The van der Waals surface area contributed by atoms with Crippen molar-refractivity contribution in [1.29, 1.82) is 0 Å². The van der Waals surface area contributed by atoms with E-state index >= 15 is 0 Å². The molecule has 1 heterocycles. The summed E-state index contributed by atoms with van der Waals surface area (Å²) < 4.78 is 12.0. The molecule has 0 aliphatic heterocycles. The smallest absolute Gasteiger partial charge is 0.171 e. The minimum atomic E-state index is -0.283. The molecule has 1 atom stereocenters. The maximum Gasteiger partial charge on any atom is 0.171 e. The van der Waals surface area contributed by atoms with Gasteiger partial charge in [-0.1, -0.05) is 5.21 Å². The van der Waals surface area contributed by atoms with Crippen LogP contribution in [0.2, 0.25) is 0 Å². The number of aryl methyl sites for hydroxylation is 1. The van der Waals surface area contributed by atoms with Gasteiger partial charge in [-0.15, -0.1) is 5.10 Å². The predicted molar refractivity (Wildman–Crippen MR) is 65.8 cm³/mol. The quantitative estimate of drug-likeness (QED) is 0.595. The zero-order valence-electron chi connectivity index (χ0n) is 11.2. The van der Waals surface area contributed by atoms with Crippen molar-refractivity contribution in [3.05, 3.63) is 11.9 Å². The molecule has 0 saturated carbocycles. The minimum Gasteiger partial charge on any atom is -0.396 e. The number of aromatic nitrogens is 3. The zero-order chi connectivity index (χ0) is 13.4. The summed E-state index contributed by atoms with van der Waals surface area (Å²) in [7, 11) is 3.22. The van der Waals surface area contributed by atoms with Gasteiger partial charge in [-0.05, 0) is 13.3 Å². The van der Waals surface area contributed by atoms with Gasteiger partial charge in [0.1, 0.15) is 0 Å². The Morgan fingerprint density at radius 3 is 2.78 bits per heavy atom. The fraction of sp³-hybridized carbons (Fsp3) is 0.818. The molecule has 18 heavy (non-hydrogen) atoms. The van der Waals surface area contributed by atoms with Crippen LogP contribution in [0.15, 0.2) is 6.20 Å². The first-order chi connectivity index (χ1) is 8.71. The molecule has 1 rings (SSSR count). The molecule has 1 aromatic rings. The van der Waals surface area contributed by atoms with Crippen molar-refractivity contribution in [1.82, 2.24) is 20.3 Å². The highest BCUT2D eigenvalue weighted by Gasteiger charge is 2.15. The molecule has 2 N–H and O–H groups in total. The summed E-state index contributed by atoms with van der Waals surface area (Å²) >= 11 is 0. The first-order valence-electron chi connectivity index (χ1n) is 6.00. The summed E-state index contributed by atoms with van der Waals surface area (Å²) in [4.78, 5) is 0. The van der Waals surface area contributed by atoms with Crippen molar-refractivity contribution in [3.8, 4) is 0 Å². The van der Waals surface area contributed by atoms with E-state index in [1.165, 1.54) is 0 Å². The number of ether oxygens (including phenoxy) is 2. The van der Waals surface area contributed by atoms with E-state index in [9.17, 15) is 0 Å². The number of methoxy groups -OCH3 is 2. The van der Waals surface area contributed by atoms with E-state index in [0.29, 0.717) is 19.5 Å². The van der Waals surface area contributed by atoms with E-state index in [1.54, 1.807) is 18.9 Å². The SMILES string of the molecule is COC(OC)C(C)NCc1cn(CCCO)nn1. The van der Waals surface area contributed by atoms with Crippen molar-refractivity contribution < 1.29 is 14.6 Å². The first kappa shape index (κ1) is 15.0. The average Bonchev–Trinajstić information content (AvgIpc) is 2.83. The van der Waals surface area contributed by atoms with Crippen molar-refractivity contribution in [3.63, 3.8) is 0 Å². The third-order valence-electron chi connectivity index (χ3n) is 2.61. The minimum absolute atomic E-state index is 0.0580. The molecule has 1 aromatic heterocycles. The largest absolute Gasteiger partial charge is 0.396 e. The highest BCUT2D eigenvalue weighted by molar-refractivity contribution is 4.92. The van der Waals surface area contributed by atoms with Crippen LogP contribution in [-0.2, 0) is 22.6 Å². The highest BCUT2D eigenvalue weighted by Crippen LogP contribution is 2.01. The number of hydrogen-bond donors (Lipinski definition) is 2. The van der Waals surface area contributed by atoms with Gasteiger partial charge in [0.25, 0.3) is 0 Å². The lowest BCUT2D eigenvalue weighted by molar-refractivity contribution is -0.119. The molecule has 0 spiro atoms. The van der Waals surface area contributed by atoms with E-state index < -0.39 is 0 Å². The number of aliphatic hydroxyl groups excluding tert-OH is 1. The molecule has 0 amide bonds. The van der Waals surface area contributed by atoms with Crippen LogP contribution in [0.4, 0.5) is 0 Å². The summed E-state index contributed by atoms with van der Waals surface area (Å²) in [6.07, 6.45) is 2.26. The van der Waals surface area contributed by atoms with Crippen LogP contribution >= 0.6 is 0 Å². The Hall–Kier alpha value is -1.02. The fourth-order valence-electron chi connectivity index (χ4n) is 1.63. The molecular weight excluding hydrogens is 236 g/mol. The van der Waals surface area contributed by atoms with Crippen molar-refractivity contribution >= 4 is 0 Å². The Kier molecular flexibility index (Phi) is 6.81. The maximum absolute atomic E-state index is 8.72. The summed E-state index contributed by atoms with van der Waals surface area (Å²) in [5.74, 6) is 0.